The van der Waals surface area contributed by atoms with Crippen LogP contribution >= 0.6 is 11.8 Å². The van der Waals surface area contributed by atoms with Crippen LogP contribution in [0.3, 0.4) is 0 Å². The second-order valence-electron chi connectivity index (χ2n) is 6.74. The van der Waals surface area contributed by atoms with Gasteiger partial charge < -0.3 is 5.32 Å². The van der Waals surface area contributed by atoms with Crippen molar-refractivity contribution in [3.8, 4) is 0 Å². The van der Waals surface area contributed by atoms with Crippen LogP contribution in [0.25, 0.3) is 0 Å². The maximum atomic E-state index is 13.3. The summed E-state index contributed by atoms with van der Waals surface area (Å²) in [6.07, 6.45) is 2.01. The van der Waals surface area contributed by atoms with Gasteiger partial charge in [-0.2, -0.15) is 11.8 Å². The predicted molar refractivity (Wildman–Crippen MR) is 119 cm³/mol. The SMILES string of the molecule is CSCc1ccc(C(=O)NCC(c2ccccc2)S(=O)(=O)c2ccc(F)cc2)cc1. The highest BCUT2D eigenvalue weighted by Crippen LogP contribution is 2.28. The molecule has 0 aliphatic carbocycles. The van der Waals surface area contributed by atoms with E-state index in [0.717, 1.165) is 23.4 Å². The van der Waals surface area contributed by atoms with Gasteiger partial charge in [-0.3, -0.25) is 4.79 Å². The molecule has 1 amide bonds. The lowest BCUT2D eigenvalue weighted by molar-refractivity contribution is 0.0953. The van der Waals surface area contributed by atoms with Crippen LogP contribution in [0.5, 0.6) is 0 Å². The van der Waals surface area contributed by atoms with Crippen LogP contribution in [0.2, 0.25) is 0 Å². The molecule has 0 spiro atoms. The molecule has 30 heavy (non-hydrogen) atoms. The molecular weight excluding hydrogens is 421 g/mol. The Morgan fingerprint density at radius 2 is 1.60 bits per heavy atom. The molecule has 3 aromatic carbocycles. The first-order chi connectivity index (χ1) is 14.4. The summed E-state index contributed by atoms with van der Waals surface area (Å²) >= 11 is 1.69. The quantitative estimate of drug-likeness (QED) is 0.516. The van der Waals surface area contributed by atoms with E-state index in [1.807, 2.05) is 18.4 Å². The van der Waals surface area contributed by atoms with E-state index < -0.39 is 20.9 Å². The number of nitrogens with one attached hydrogen (secondary N) is 1. The maximum Gasteiger partial charge on any atom is 0.251 e. The highest BCUT2D eigenvalue weighted by molar-refractivity contribution is 7.97. The van der Waals surface area contributed by atoms with Gasteiger partial charge in [0.15, 0.2) is 9.84 Å². The van der Waals surface area contributed by atoms with Crippen molar-refractivity contribution in [2.75, 3.05) is 12.8 Å². The number of hydrogen-bond acceptors (Lipinski definition) is 4. The van der Waals surface area contributed by atoms with E-state index in [0.29, 0.717) is 11.1 Å². The van der Waals surface area contributed by atoms with Crippen molar-refractivity contribution in [1.82, 2.24) is 5.32 Å². The minimum Gasteiger partial charge on any atom is -0.350 e. The summed E-state index contributed by atoms with van der Waals surface area (Å²) in [6.45, 7) is -0.102. The monoisotopic (exact) mass is 443 g/mol. The molecule has 1 atom stereocenters. The normalized spacial score (nSPS) is 12.3. The summed E-state index contributed by atoms with van der Waals surface area (Å²) in [4.78, 5) is 12.6. The lowest BCUT2D eigenvalue weighted by Gasteiger charge is -2.19. The zero-order valence-electron chi connectivity index (χ0n) is 16.4. The molecule has 0 aliphatic rings. The van der Waals surface area contributed by atoms with E-state index in [9.17, 15) is 17.6 Å². The first-order valence-corrected chi connectivity index (χ1v) is 12.3. The van der Waals surface area contributed by atoms with E-state index in [4.69, 9.17) is 0 Å². The zero-order valence-corrected chi connectivity index (χ0v) is 18.0. The third-order valence-electron chi connectivity index (χ3n) is 4.66. The maximum absolute atomic E-state index is 13.3. The van der Waals surface area contributed by atoms with Gasteiger partial charge in [0.05, 0.1) is 4.90 Å². The topological polar surface area (TPSA) is 63.2 Å². The van der Waals surface area contributed by atoms with E-state index in [2.05, 4.69) is 5.32 Å². The molecule has 4 nitrogen and oxygen atoms in total. The minimum atomic E-state index is -3.85. The summed E-state index contributed by atoms with van der Waals surface area (Å²) in [6, 6.07) is 20.6. The summed E-state index contributed by atoms with van der Waals surface area (Å²) in [7, 11) is -3.85. The van der Waals surface area contributed by atoms with Gasteiger partial charge in [0.2, 0.25) is 0 Å². The Labute approximate surface area is 180 Å². The van der Waals surface area contributed by atoms with Crippen molar-refractivity contribution in [2.45, 2.75) is 15.9 Å². The molecule has 0 bridgehead atoms. The first-order valence-electron chi connectivity index (χ1n) is 9.32. The lowest BCUT2D eigenvalue weighted by Crippen LogP contribution is -2.32. The highest BCUT2D eigenvalue weighted by atomic mass is 32.2. The molecule has 0 heterocycles. The third kappa shape index (κ3) is 5.29. The van der Waals surface area contributed by atoms with Crippen molar-refractivity contribution in [2.24, 2.45) is 0 Å². The van der Waals surface area contributed by atoms with Gasteiger partial charge in [-0.25, -0.2) is 12.8 Å². The summed E-state index contributed by atoms with van der Waals surface area (Å²) < 4.78 is 39.7. The van der Waals surface area contributed by atoms with Gasteiger partial charge in [0, 0.05) is 17.9 Å². The number of amides is 1. The van der Waals surface area contributed by atoms with Crippen LogP contribution in [-0.2, 0) is 15.6 Å². The number of halogens is 1. The molecule has 0 radical (unpaired) electrons. The van der Waals surface area contributed by atoms with E-state index >= 15 is 0 Å². The van der Waals surface area contributed by atoms with E-state index in [-0.39, 0.29) is 17.3 Å². The molecule has 3 aromatic rings. The molecule has 0 aromatic heterocycles. The number of sulfone groups is 1. The van der Waals surface area contributed by atoms with Crippen molar-refractivity contribution in [3.05, 3.63) is 101 Å². The minimum absolute atomic E-state index is 0.00780. The highest BCUT2D eigenvalue weighted by Gasteiger charge is 2.29. The fourth-order valence-electron chi connectivity index (χ4n) is 3.07. The van der Waals surface area contributed by atoms with Crippen LogP contribution in [0, 0.1) is 5.82 Å². The average Bonchev–Trinajstić information content (AvgIpc) is 2.75. The Bertz CT molecular complexity index is 1080. The van der Waals surface area contributed by atoms with Gasteiger partial charge in [0.25, 0.3) is 5.91 Å². The molecule has 7 heteroatoms. The first kappa shape index (κ1) is 22.1. The lowest BCUT2D eigenvalue weighted by atomic mass is 10.1. The Hall–Kier alpha value is -2.64. The largest absolute Gasteiger partial charge is 0.350 e. The van der Waals surface area contributed by atoms with Crippen molar-refractivity contribution in [1.29, 1.82) is 0 Å². The van der Waals surface area contributed by atoms with E-state index in [1.54, 1.807) is 54.2 Å². The fourth-order valence-corrected chi connectivity index (χ4v) is 5.26. The summed E-state index contributed by atoms with van der Waals surface area (Å²) in [5.41, 5.74) is 2.13. The molecule has 0 saturated heterocycles. The molecule has 0 aliphatic heterocycles. The number of hydrogen-bond donors (Lipinski definition) is 1. The third-order valence-corrected chi connectivity index (χ3v) is 7.40. The van der Waals surface area contributed by atoms with Gasteiger partial charge in [-0.1, -0.05) is 42.5 Å². The summed E-state index contributed by atoms with van der Waals surface area (Å²) in [5.74, 6) is -0.00201. The van der Waals surface area contributed by atoms with Gasteiger partial charge in [-0.15, -0.1) is 0 Å². The van der Waals surface area contributed by atoms with Crippen LogP contribution in [0.15, 0.2) is 83.8 Å². The predicted octanol–water partition coefficient (Wildman–Crippen LogP) is 4.63. The molecular formula is C23H22FNO3S2. The average molecular weight is 444 g/mol. The zero-order chi connectivity index (χ0) is 21.6. The van der Waals surface area contributed by atoms with Gasteiger partial charge in [0.1, 0.15) is 11.1 Å². The van der Waals surface area contributed by atoms with Crippen LogP contribution in [0.4, 0.5) is 4.39 Å². The number of rotatable bonds is 8. The molecule has 0 saturated carbocycles. The number of carbonyl (C=O) groups is 1. The van der Waals surface area contributed by atoms with E-state index in [1.165, 1.54) is 12.1 Å². The Morgan fingerprint density at radius 1 is 0.967 bits per heavy atom. The second-order valence-corrected chi connectivity index (χ2v) is 9.73. The molecule has 0 fully saturated rings. The van der Waals surface area contributed by atoms with Crippen LogP contribution < -0.4 is 5.32 Å². The Morgan fingerprint density at radius 3 is 2.20 bits per heavy atom. The van der Waals surface area contributed by atoms with Crippen molar-refractivity contribution in [3.63, 3.8) is 0 Å². The second kappa shape index (κ2) is 9.91. The number of thioether (sulfide) groups is 1. The van der Waals surface area contributed by atoms with Gasteiger partial charge in [-0.05, 0) is 53.8 Å². The standard InChI is InChI=1S/C23H22FNO3S2/c1-29-16-17-7-9-19(10-8-17)23(26)25-15-22(18-5-3-2-4-6-18)30(27,28)21-13-11-20(24)12-14-21/h2-14,22H,15-16H2,1H3,(H,25,26). The Balaban J connectivity index is 1.83. The van der Waals surface area contributed by atoms with Crippen LogP contribution in [0.1, 0.15) is 26.7 Å². The molecule has 1 N–H and O–H groups in total. The van der Waals surface area contributed by atoms with Crippen molar-refractivity contribution >= 4 is 27.5 Å². The van der Waals surface area contributed by atoms with Gasteiger partial charge >= 0.3 is 0 Å². The van der Waals surface area contributed by atoms with Crippen LogP contribution in [-0.4, -0.2) is 27.1 Å². The molecule has 1 unspecified atom stereocenters. The summed E-state index contributed by atoms with van der Waals surface area (Å²) in [5, 5.41) is 1.74. The number of carbonyl (C=O) groups excluding carboxylic acids is 1. The number of benzene rings is 3. The van der Waals surface area contributed by atoms with Crippen molar-refractivity contribution < 1.29 is 17.6 Å². The smallest absolute Gasteiger partial charge is 0.251 e. The molecule has 156 valence electrons. The Kier molecular flexibility index (Phi) is 7.29. The fraction of sp³-hybridized carbons (Fsp3) is 0.174. The molecule has 3 rings (SSSR count).